The Kier molecular flexibility index (Phi) is 2.54. The minimum absolute atomic E-state index is 0.237. The van der Waals surface area contributed by atoms with Crippen molar-refractivity contribution in [1.82, 2.24) is 0 Å². The Morgan fingerprint density at radius 3 is 2.55 bits per heavy atom. The summed E-state index contributed by atoms with van der Waals surface area (Å²) in [5, 5.41) is 12.6. The number of aliphatic imine (C=N–C) groups is 1. The van der Waals surface area contributed by atoms with Gasteiger partial charge in [0.25, 0.3) is 0 Å². The van der Waals surface area contributed by atoms with Gasteiger partial charge in [-0.05, 0) is 12.8 Å². The van der Waals surface area contributed by atoms with Crippen LogP contribution in [0, 0.1) is 5.92 Å². The van der Waals surface area contributed by atoms with Crippen molar-refractivity contribution in [3.05, 3.63) is 0 Å². The molecule has 1 unspecified atom stereocenters. The lowest BCUT2D eigenvalue weighted by molar-refractivity contribution is 0.321. The third kappa shape index (κ3) is 1.74. The summed E-state index contributed by atoms with van der Waals surface area (Å²) in [7, 11) is 0. The van der Waals surface area contributed by atoms with Gasteiger partial charge in [0.05, 0.1) is 5.71 Å². The maximum atomic E-state index is 8.52. The first-order valence-electron chi connectivity index (χ1n) is 3.58. The van der Waals surface area contributed by atoms with E-state index in [1.54, 1.807) is 0 Å². The molecule has 0 aromatic heterocycles. The Labute approximate surface area is 70.6 Å². The molecule has 0 bridgehead atoms. The average molecular weight is 172 g/mol. The topological polar surface area (TPSA) is 45.0 Å². The molecule has 0 aliphatic carbocycles. The minimum atomic E-state index is 0.237. The van der Waals surface area contributed by atoms with Gasteiger partial charge < -0.3 is 5.21 Å². The van der Waals surface area contributed by atoms with Crippen molar-refractivity contribution in [3.63, 3.8) is 0 Å². The highest BCUT2D eigenvalue weighted by Gasteiger charge is 2.24. The van der Waals surface area contributed by atoms with E-state index in [0.29, 0.717) is 11.0 Å². The number of hydrogen-bond donors (Lipinski definition) is 1. The number of thioether (sulfide) groups is 1. The monoisotopic (exact) mass is 172 g/mol. The Morgan fingerprint density at radius 2 is 2.27 bits per heavy atom. The van der Waals surface area contributed by atoms with Crippen molar-refractivity contribution in [2.75, 3.05) is 0 Å². The van der Waals surface area contributed by atoms with Gasteiger partial charge >= 0.3 is 0 Å². The predicted molar refractivity (Wildman–Crippen MR) is 48.5 cm³/mol. The third-order valence-electron chi connectivity index (χ3n) is 1.52. The van der Waals surface area contributed by atoms with Crippen LogP contribution in [0.15, 0.2) is 10.1 Å². The van der Waals surface area contributed by atoms with Gasteiger partial charge in [-0.3, -0.25) is 4.99 Å². The van der Waals surface area contributed by atoms with E-state index in [-0.39, 0.29) is 5.37 Å². The molecule has 3 nitrogen and oxygen atoms in total. The zero-order valence-electron chi connectivity index (χ0n) is 6.90. The lowest BCUT2D eigenvalue weighted by Crippen LogP contribution is -2.04. The SMILES string of the molecule is CC1=NC(C(C)C)SC1=NO. The lowest BCUT2D eigenvalue weighted by Gasteiger charge is -2.07. The maximum Gasteiger partial charge on any atom is 0.158 e. The second-order valence-electron chi connectivity index (χ2n) is 2.87. The maximum absolute atomic E-state index is 8.52. The van der Waals surface area contributed by atoms with Gasteiger partial charge in [-0.25, -0.2) is 0 Å². The molecular weight excluding hydrogens is 160 g/mol. The fraction of sp³-hybridized carbons (Fsp3) is 0.714. The first-order valence-corrected chi connectivity index (χ1v) is 4.46. The second-order valence-corrected chi connectivity index (χ2v) is 3.98. The van der Waals surface area contributed by atoms with Crippen molar-refractivity contribution in [1.29, 1.82) is 0 Å². The Balaban J connectivity index is 2.71. The molecule has 1 heterocycles. The smallest absolute Gasteiger partial charge is 0.158 e. The van der Waals surface area contributed by atoms with Crippen LogP contribution in [0.5, 0.6) is 0 Å². The zero-order chi connectivity index (χ0) is 8.43. The van der Waals surface area contributed by atoms with E-state index >= 15 is 0 Å². The lowest BCUT2D eigenvalue weighted by atomic mass is 10.2. The molecule has 0 amide bonds. The first kappa shape index (κ1) is 8.59. The summed E-state index contributed by atoms with van der Waals surface area (Å²) >= 11 is 1.52. The van der Waals surface area contributed by atoms with Crippen LogP contribution in [0.3, 0.4) is 0 Å². The van der Waals surface area contributed by atoms with Crippen LogP contribution in [0.2, 0.25) is 0 Å². The van der Waals surface area contributed by atoms with Crippen LogP contribution in [-0.4, -0.2) is 21.3 Å². The van der Waals surface area contributed by atoms with E-state index in [1.807, 2.05) is 6.92 Å². The van der Waals surface area contributed by atoms with E-state index in [1.165, 1.54) is 11.8 Å². The fourth-order valence-corrected chi connectivity index (χ4v) is 1.84. The van der Waals surface area contributed by atoms with Crippen LogP contribution >= 0.6 is 11.8 Å². The van der Waals surface area contributed by atoms with Gasteiger partial charge in [-0.15, -0.1) is 0 Å². The van der Waals surface area contributed by atoms with E-state index < -0.39 is 0 Å². The van der Waals surface area contributed by atoms with Crippen molar-refractivity contribution in [3.8, 4) is 0 Å². The van der Waals surface area contributed by atoms with Gasteiger partial charge in [0, 0.05) is 0 Å². The Morgan fingerprint density at radius 1 is 1.64 bits per heavy atom. The third-order valence-corrected chi connectivity index (χ3v) is 3.02. The van der Waals surface area contributed by atoms with Gasteiger partial charge in [0.1, 0.15) is 5.37 Å². The Bertz CT molecular complexity index is 210. The van der Waals surface area contributed by atoms with Crippen LogP contribution in [0.1, 0.15) is 20.8 Å². The summed E-state index contributed by atoms with van der Waals surface area (Å²) in [4.78, 5) is 4.33. The van der Waals surface area contributed by atoms with Crippen LogP contribution in [0.4, 0.5) is 0 Å². The molecule has 0 aromatic rings. The largest absolute Gasteiger partial charge is 0.410 e. The summed E-state index contributed by atoms with van der Waals surface area (Å²) in [6.45, 7) is 6.08. The fourth-order valence-electron chi connectivity index (χ4n) is 0.853. The van der Waals surface area contributed by atoms with Crippen LogP contribution in [-0.2, 0) is 0 Å². The van der Waals surface area contributed by atoms with Crippen LogP contribution < -0.4 is 0 Å². The molecule has 1 N–H and O–H groups in total. The molecule has 0 spiro atoms. The minimum Gasteiger partial charge on any atom is -0.410 e. The molecule has 11 heavy (non-hydrogen) atoms. The molecule has 0 saturated carbocycles. The predicted octanol–water partition coefficient (Wildman–Crippen LogP) is 1.96. The second kappa shape index (κ2) is 3.26. The van der Waals surface area contributed by atoms with E-state index in [2.05, 4.69) is 24.0 Å². The van der Waals surface area contributed by atoms with E-state index in [0.717, 1.165) is 5.71 Å². The van der Waals surface area contributed by atoms with Gasteiger partial charge in [-0.2, -0.15) is 0 Å². The molecule has 4 heteroatoms. The number of oxime groups is 1. The highest BCUT2D eigenvalue weighted by atomic mass is 32.2. The number of rotatable bonds is 1. The van der Waals surface area contributed by atoms with Gasteiger partial charge in [0.15, 0.2) is 5.04 Å². The summed E-state index contributed by atoms with van der Waals surface area (Å²) < 4.78 is 0. The first-order chi connectivity index (χ1) is 5.15. The molecule has 1 aliphatic rings. The molecule has 0 saturated heterocycles. The molecule has 1 rings (SSSR count). The van der Waals surface area contributed by atoms with Gasteiger partial charge in [-0.1, -0.05) is 30.8 Å². The van der Waals surface area contributed by atoms with E-state index in [9.17, 15) is 0 Å². The Hall–Kier alpha value is -0.510. The molecule has 1 atom stereocenters. The molecular formula is C7H12N2OS. The summed E-state index contributed by atoms with van der Waals surface area (Å²) in [6, 6.07) is 0. The highest BCUT2D eigenvalue weighted by Crippen LogP contribution is 2.28. The zero-order valence-corrected chi connectivity index (χ0v) is 7.72. The van der Waals surface area contributed by atoms with Crippen LogP contribution in [0.25, 0.3) is 0 Å². The van der Waals surface area contributed by atoms with E-state index in [4.69, 9.17) is 5.21 Å². The van der Waals surface area contributed by atoms with Crippen molar-refractivity contribution in [2.45, 2.75) is 26.1 Å². The summed E-state index contributed by atoms with van der Waals surface area (Å²) in [5.41, 5.74) is 0.844. The number of nitrogens with zero attached hydrogens (tertiary/aromatic N) is 2. The van der Waals surface area contributed by atoms with Crippen molar-refractivity contribution >= 4 is 22.5 Å². The molecule has 62 valence electrons. The standard InChI is InChI=1S/C7H12N2OS/c1-4(2)6-8-5(3)7(9-10)11-6/h4,6,10H,1-3H3. The summed E-state index contributed by atoms with van der Waals surface area (Å²) in [6.07, 6.45) is 0. The normalized spacial score (nSPS) is 28.2. The number of hydrogen-bond acceptors (Lipinski definition) is 4. The highest BCUT2D eigenvalue weighted by molar-refractivity contribution is 8.16. The molecule has 0 aromatic carbocycles. The van der Waals surface area contributed by atoms with Crippen molar-refractivity contribution < 1.29 is 5.21 Å². The molecule has 0 fully saturated rings. The average Bonchev–Trinajstić information content (AvgIpc) is 2.31. The van der Waals surface area contributed by atoms with Gasteiger partial charge in [0.2, 0.25) is 0 Å². The van der Waals surface area contributed by atoms with Crippen molar-refractivity contribution in [2.24, 2.45) is 16.1 Å². The summed E-state index contributed by atoms with van der Waals surface area (Å²) in [5.74, 6) is 0.495. The quantitative estimate of drug-likeness (QED) is 0.485. The molecule has 0 radical (unpaired) electrons. The molecule has 1 aliphatic heterocycles.